The molecule has 0 aromatic rings. The van der Waals surface area contributed by atoms with Gasteiger partial charge in [-0.25, -0.2) is 0 Å². The van der Waals surface area contributed by atoms with E-state index in [0.717, 1.165) is 69.2 Å². The molecule has 0 N–H and O–H groups in total. The molecule has 6 unspecified atom stereocenters. The molecule has 362 valence electrons. The second kappa shape index (κ2) is 25.1. The largest absolute Gasteiger partial charge is 0.492 e. The van der Waals surface area contributed by atoms with E-state index in [1.54, 1.807) is 0 Å². The first-order valence-corrected chi connectivity index (χ1v) is 20.1. The number of esters is 10. The number of carbonyl (C=O) groups excluding carboxylic acids is 10. The molecule has 3 aliphatic rings. The fraction of sp³-hybridized carbons (Fsp3) is 0.737. The molecule has 0 spiro atoms. The van der Waals surface area contributed by atoms with Gasteiger partial charge in [0.2, 0.25) is 0 Å². The number of hydrogen-bond acceptors (Lipinski definition) is 26. The topological polar surface area (TPSA) is 318 Å². The molecular formula is C38H51AlO26. The van der Waals surface area contributed by atoms with Crippen molar-refractivity contribution >= 4 is 76.3 Å². The molecule has 0 aromatic carbocycles. The Morgan fingerprint density at radius 1 is 0.323 bits per heavy atom. The van der Waals surface area contributed by atoms with Gasteiger partial charge in [-0.3, -0.25) is 47.9 Å². The van der Waals surface area contributed by atoms with E-state index < -0.39 is 172 Å². The molecule has 0 aliphatic carbocycles. The van der Waals surface area contributed by atoms with E-state index >= 15 is 0 Å². The Bertz CT molecular complexity index is 1750. The summed E-state index contributed by atoms with van der Waals surface area (Å²) in [5.41, 5.74) is 0. The van der Waals surface area contributed by atoms with Crippen LogP contribution in [0.15, 0.2) is 0 Å². The fourth-order valence-corrected chi connectivity index (χ4v) is 7.08. The van der Waals surface area contributed by atoms with Crippen LogP contribution in [-0.2, 0) is 123 Å². The zero-order chi connectivity index (χ0) is 48.9. The van der Waals surface area contributed by atoms with Gasteiger partial charge in [0.25, 0.3) is 0 Å². The normalized spacial score (nSPS) is 31.9. The summed E-state index contributed by atoms with van der Waals surface area (Å²) in [7, 11) is 0. The lowest BCUT2D eigenvalue weighted by Gasteiger charge is -2.50. The maximum atomic E-state index is 12.9. The predicted octanol–water partition coefficient (Wildman–Crippen LogP) is -1.76. The Kier molecular flexibility index (Phi) is 20.9. The van der Waals surface area contributed by atoms with Crippen molar-refractivity contribution in [2.24, 2.45) is 0 Å². The van der Waals surface area contributed by atoms with E-state index in [0.29, 0.717) is 0 Å². The molecule has 65 heavy (non-hydrogen) atoms. The highest BCUT2D eigenvalue weighted by Crippen LogP contribution is 2.38. The van der Waals surface area contributed by atoms with E-state index in [2.05, 4.69) is 0 Å². The SMILES string of the molecule is CC(=O)OCC1O[C@@H](O[C@H]2C(COC(C)=O)O[C@@H](O[C@H]3C(COC(C)=O)O[C@@H]([O][Al])C(OC(C)=O)[C@@H]3OC(C)=O)C(OC(C)=O)[C@@H]2OC(C)=O)C(OC(C)=O)[C@@H](OC(C)=O)[C@H]1OC(C)=O. The molecule has 27 heteroatoms. The highest BCUT2D eigenvalue weighted by Gasteiger charge is 2.60. The minimum atomic E-state index is -1.99. The van der Waals surface area contributed by atoms with Gasteiger partial charge in [0, 0.05) is 69.2 Å². The standard InChI is InChI=1S/C38H51O26.Al/c1-14(39)50-11-24-28(30(54-18(5)43)33(36(49)60-24)57-21(8)46)63-38-35(59-23(10)48)32(56-20(7)45)29(26(62-38)13-52-16(3)41)64-37-34(58-22(9)47)31(55-19(6)44)27(53-17(4)42)25(61-37)12-51-15(2)40;/h24-38H,11-13H2,1-10H3;/q-1;+1/t24?,25?,26?,27-,28-,29-,30+,31-,32+,33?,34?,35?,36+,37-,38-;/m0./s1. The summed E-state index contributed by atoms with van der Waals surface area (Å²) in [6.45, 7) is 7.98. The second-order valence-electron chi connectivity index (χ2n) is 14.4. The zero-order valence-corrected chi connectivity index (χ0v) is 38.1. The van der Waals surface area contributed by atoms with Crippen molar-refractivity contribution in [2.75, 3.05) is 19.8 Å². The molecule has 0 saturated carbocycles. The molecule has 2 radical (unpaired) electrons. The average molecular weight is 951 g/mol. The highest BCUT2D eigenvalue weighted by atomic mass is 27.1. The molecule has 3 fully saturated rings. The van der Waals surface area contributed by atoms with Crippen molar-refractivity contribution in [1.82, 2.24) is 0 Å². The second-order valence-corrected chi connectivity index (χ2v) is 14.7. The van der Waals surface area contributed by atoms with Crippen molar-refractivity contribution in [2.45, 2.75) is 161 Å². The Morgan fingerprint density at radius 2 is 0.554 bits per heavy atom. The molecule has 0 amide bonds. The van der Waals surface area contributed by atoms with Crippen LogP contribution < -0.4 is 0 Å². The molecule has 26 nitrogen and oxygen atoms in total. The Hall–Kier alpha value is -5.01. The number of ether oxygens (including phenoxy) is 15. The van der Waals surface area contributed by atoms with Crippen molar-refractivity contribution in [1.29, 1.82) is 0 Å². The minimum Gasteiger partial charge on any atom is -0.492 e. The van der Waals surface area contributed by atoms with Gasteiger partial charge in [-0.05, 0) is 0 Å². The van der Waals surface area contributed by atoms with Gasteiger partial charge in [0.15, 0.2) is 61.6 Å². The molecule has 3 heterocycles. The molecular weight excluding hydrogens is 899 g/mol. The van der Waals surface area contributed by atoms with Crippen molar-refractivity contribution in [3.63, 3.8) is 0 Å². The maximum absolute atomic E-state index is 12.9. The quantitative estimate of drug-likeness (QED) is 0.0835. The molecule has 3 rings (SSSR count). The fourth-order valence-electron chi connectivity index (χ4n) is 6.87. The van der Waals surface area contributed by atoms with Gasteiger partial charge in [-0.2, -0.15) is 0 Å². The first-order valence-electron chi connectivity index (χ1n) is 19.7. The molecule has 3 aliphatic heterocycles. The summed E-state index contributed by atoms with van der Waals surface area (Å²) >= 11 is 1.89. The predicted molar refractivity (Wildman–Crippen MR) is 201 cm³/mol. The van der Waals surface area contributed by atoms with Crippen molar-refractivity contribution in [3.05, 3.63) is 0 Å². The summed E-state index contributed by atoms with van der Waals surface area (Å²) in [5.74, 6) is -9.35. The van der Waals surface area contributed by atoms with Crippen LogP contribution in [0, 0.1) is 0 Å². The number of carbonyl (C=O) groups is 10. The summed E-state index contributed by atoms with van der Waals surface area (Å²) in [4.78, 5) is 124. The Labute approximate surface area is 379 Å². The third kappa shape index (κ3) is 16.4. The highest BCUT2D eigenvalue weighted by molar-refractivity contribution is 5.98. The maximum Gasteiger partial charge on any atom is 0.373 e. The van der Waals surface area contributed by atoms with E-state index in [1.165, 1.54) is 0 Å². The molecule has 0 bridgehead atoms. The van der Waals surface area contributed by atoms with Crippen LogP contribution >= 0.6 is 0 Å². The monoisotopic (exact) mass is 950 g/mol. The van der Waals surface area contributed by atoms with Crippen LogP contribution in [0.4, 0.5) is 0 Å². The van der Waals surface area contributed by atoms with Gasteiger partial charge < -0.3 is 74.8 Å². The van der Waals surface area contributed by atoms with E-state index in [1.807, 2.05) is 16.6 Å². The smallest absolute Gasteiger partial charge is 0.373 e. The first kappa shape index (κ1) is 54.3. The van der Waals surface area contributed by atoms with Crippen molar-refractivity contribution < 1.29 is 123 Å². The van der Waals surface area contributed by atoms with E-state index in [-0.39, 0.29) is 0 Å². The summed E-state index contributed by atoms with van der Waals surface area (Å²) in [5, 5.41) is 0. The molecule has 3 saturated heterocycles. The average Bonchev–Trinajstić information content (AvgIpc) is 3.17. The minimum absolute atomic E-state index is 0.626. The third-order valence-electron chi connectivity index (χ3n) is 8.96. The van der Waals surface area contributed by atoms with Gasteiger partial charge >= 0.3 is 76.3 Å². The number of hydrogen-bond donors (Lipinski definition) is 0. The van der Waals surface area contributed by atoms with Crippen LogP contribution in [-0.4, -0.2) is 188 Å². The first-order chi connectivity index (χ1) is 30.4. The van der Waals surface area contributed by atoms with Crippen LogP contribution in [0.1, 0.15) is 69.2 Å². The van der Waals surface area contributed by atoms with Crippen LogP contribution in [0.2, 0.25) is 0 Å². The van der Waals surface area contributed by atoms with E-state index in [4.69, 9.17) is 74.8 Å². The van der Waals surface area contributed by atoms with Crippen LogP contribution in [0.25, 0.3) is 0 Å². The Morgan fingerprint density at radius 3 is 0.831 bits per heavy atom. The Balaban J connectivity index is 2.29. The molecule has 15 atom stereocenters. The summed E-state index contributed by atoms with van der Waals surface area (Å²) in [6.07, 6.45) is -26.0. The lowest BCUT2D eigenvalue weighted by molar-refractivity contribution is -0.377. The summed E-state index contributed by atoms with van der Waals surface area (Å²) in [6, 6.07) is 0. The number of rotatable bonds is 18. The van der Waals surface area contributed by atoms with Gasteiger partial charge in [0.05, 0.1) is 0 Å². The third-order valence-corrected chi connectivity index (χ3v) is 9.23. The van der Waals surface area contributed by atoms with E-state index in [9.17, 15) is 47.9 Å². The molecule has 0 aromatic heterocycles. The van der Waals surface area contributed by atoms with Gasteiger partial charge in [0.1, 0.15) is 50.3 Å². The van der Waals surface area contributed by atoms with Gasteiger partial charge in [-0.15, -0.1) is 0 Å². The lowest BCUT2D eigenvalue weighted by Crippen LogP contribution is -2.69. The van der Waals surface area contributed by atoms with Crippen LogP contribution in [0.5, 0.6) is 0 Å². The van der Waals surface area contributed by atoms with Crippen molar-refractivity contribution in [3.8, 4) is 0 Å². The van der Waals surface area contributed by atoms with Gasteiger partial charge in [-0.1, -0.05) is 0 Å². The zero-order valence-electron chi connectivity index (χ0n) is 37.0. The lowest BCUT2D eigenvalue weighted by atomic mass is 9.95. The summed E-state index contributed by atoms with van der Waals surface area (Å²) < 4.78 is 90.7. The van der Waals surface area contributed by atoms with Crippen LogP contribution in [0.3, 0.4) is 0 Å².